The van der Waals surface area contributed by atoms with Gasteiger partial charge in [0.15, 0.2) is 0 Å². The first kappa shape index (κ1) is 7.32. The summed E-state index contributed by atoms with van der Waals surface area (Å²) < 4.78 is 0. The van der Waals surface area contributed by atoms with Crippen LogP contribution < -0.4 is 5.73 Å². The monoisotopic (exact) mass is 139 g/mol. The maximum absolute atomic E-state index is 10.4. The Kier molecular flexibility index (Phi) is 2.49. The molecular weight excluding hydrogens is 126 g/mol. The largest absolute Gasteiger partial charge is 0.370 e. The molecule has 0 aromatic rings. The van der Waals surface area contributed by atoms with Crippen molar-refractivity contribution in [1.82, 2.24) is 0 Å². The molecule has 0 fully saturated rings. The zero-order chi connectivity index (χ0) is 7.40. The predicted molar refractivity (Wildman–Crippen MR) is 40.3 cm³/mol. The highest BCUT2D eigenvalue weighted by molar-refractivity contribution is 5.73. The predicted octanol–water partition coefficient (Wildman–Crippen LogP) is 1.22. The molecule has 0 saturated carbocycles. The molecule has 0 radical (unpaired) electrons. The fourth-order valence-corrected chi connectivity index (χ4v) is 1.26. The smallest absolute Gasteiger partial charge is 0.217 e. The lowest BCUT2D eigenvalue weighted by molar-refractivity contribution is -0.118. The summed E-state index contributed by atoms with van der Waals surface area (Å²) in [4.78, 5) is 10.4. The van der Waals surface area contributed by atoms with Crippen molar-refractivity contribution in [3.63, 3.8) is 0 Å². The number of carbonyl (C=O) groups is 1. The van der Waals surface area contributed by atoms with Crippen molar-refractivity contribution in [2.24, 2.45) is 11.7 Å². The number of nitrogens with two attached hydrogens (primary N) is 1. The van der Waals surface area contributed by atoms with Gasteiger partial charge in [0.2, 0.25) is 5.91 Å². The van der Waals surface area contributed by atoms with E-state index in [9.17, 15) is 4.79 Å². The fraction of sp³-hybridized carbons (Fsp3) is 0.625. The van der Waals surface area contributed by atoms with Gasteiger partial charge >= 0.3 is 0 Å². The van der Waals surface area contributed by atoms with Gasteiger partial charge in [0, 0.05) is 6.42 Å². The number of hydrogen-bond donors (Lipinski definition) is 1. The Morgan fingerprint density at radius 3 is 2.60 bits per heavy atom. The van der Waals surface area contributed by atoms with Crippen LogP contribution in [0.15, 0.2) is 12.2 Å². The molecule has 0 aliphatic heterocycles. The SMILES string of the molecule is NC(=O)CCC1CC=CC1. The molecule has 0 atom stereocenters. The second-order valence-corrected chi connectivity index (χ2v) is 2.81. The van der Waals surface area contributed by atoms with Crippen molar-refractivity contribution < 1.29 is 4.79 Å². The first-order chi connectivity index (χ1) is 4.79. The van der Waals surface area contributed by atoms with Gasteiger partial charge in [-0.3, -0.25) is 4.79 Å². The van der Waals surface area contributed by atoms with E-state index in [-0.39, 0.29) is 5.91 Å². The van der Waals surface area contributed by atoms with Gasteiger partial charge in [-0.1, -0.05) is 12.2 Å². The van der Waals surface area contributed by atoms with Gasteiger partial charge in [-0.15, -0.1) is 0 Å². The molecule has 2 nitrogen and oxygen atoms in total. The molecule has 0 saturated heterocycles. The van der Waals surface area contributed by atoms with E-state index in [0.717, 1.165) is 19.3 Å². The van der Waals surface area contributed by atoms with E-state index in [1.54, 1.807) is 0 Å². The van der Waals surface area contributed by atoms with Crippen molar-refractivity contribution in [3.05, 3.63) is 12.2 Å². The van der Waals surface area contributed by atoms with Gasteiger partial charge in [0.1, 0.15) is 0 Å². The molecule has 2 N–H and O–H groups in total. The van der Waals surface area contributed by atoms with Crippen molar-refractivity contribution >= 4 is 5.91 Å². The van der Waals surface area contributed by atoms with E-state index in [1.807, 2.05) is 0 Å². The van der Waals surface area contributed by atoms with Crippen LogP contribution in [-0.4, -0.2) is 5.91 Å². The Bertz CT molecular complexity index is 143. The van der Waals surface area contributed by atoms with Crippen molar-refractivity contribution in [3.8, 4) is 0 Å². The van der Waals surface area contributed by atoms with E-state index in [1.165, 1.54) is 0 Å². The first-order valence-corrected chi connectivity index (χ1v) is 3.72. The minimum atomic E-state index is -0.174. The number of hydrogen-bond acceptors (Lipinski definition) is 1. The number of primary amides is 1. The quantitative estimate of drug-likeness (QED) is 0.587. The Morgan fingerprint density at radius 1 is 1.50 bits per heavy atom. The lowest BCUT2D eigenvalue weighted by Gasteiger charge is -2.04. The number of carbonyl (C=O) groups excluding carboxylic acids is 1. The Labute approximate surface area is 61.1 Å². The molecule has 2 heteroatoms. The highest BCUT2D eigenvalue weighted by Crippen LogP contribution is 2.22. The van der Waals surface area contributed by atoms with Gasteiger partial charge in [-0.25, -0.2) is 0 Å². The van der Waals surface area contributed by atoms with Crippen LogP contribution in [0.25, 0.3) is 0 Å². The van der Waals surface area contributed by atoms with Gasteiger partial charge in [-0.05, 0) is 25.2 Å². The third-order valence-corrected chi connectivity index (χ3v) is 1.90. The number of amides is 1. The minimum Gasteiger partial charge on any atom is -0.370 e. The zero-order valence-electron chi connectivity index (χ0n) is 6.05. The summed E-state index contributed by atoms with van der Waals surface area (Å²) in [7, 11) is 0. The van der Waals surface area contributed by atoms with Crippen LogP contribution in [0, 0.1) is 5.92 Å². The maximum atomic E-state index is 10.4. The van der Waals surface area contributed by atoms with Gasteiger partial charge < -0.3 is 5.73 Å². The first-order valence-electron chi connectivity index (χ1n) is 3.72. The van der Waals surface area contributed by atoms with E-state index < -0.39 is 0 Å². The van der Waals surface area contributed by atoms with Crippen LogP contribution in [0.1, 0.15) is 25.7 Å². The molecule has 0 bridgehead atoms. The Morgan fingerprint density at radius 2 is 2.10 bits per heavy atom. The molecular formula is C8H13NO. The second-order valence-electron chi connectivity index (χ2n) is 2.81. The van der Waals surface area contributed by atoms with E-state index >= 15 is 0 Å². The fourth-order valence-electron chi connectivity index (χ4n) is 1.26. The highest BCUT2D eigenvalue weighted by atomic mass is 16.1. The molecule has 0 heterocycles. The molecule has 1 aliphatic carbocycles. The third-order valence-electron chi connectivity index (χ3n) is 1.90. The van der Waals surface area contributed by atoms with Crippen LogP contribution >= 0.6 is 0 Å². The molecule has 1 aliphatic rings. The van der Waals surface area contributed by atoms with Crippen LogP contribution in [0.2, 0.25) is 0 Å². The topological polar surface area (TPSA) is 43.1 Å². The number of rotatable bonds is 3. The average molecular weight is 139 g/mol. The average Bonchev–Trinajstić information content (AvgIpc) is 2.34. The minimum absolute atomic E-state index is 0.174. The van der Waals surface area contributed by atoms with Crippen LogP contribution in [-0.2, 0) is 4.79 Å². The van der Waals surface area contributed by atoms with E-state index in [4.69, 9.17) is 5.73 Å². The van der Waals surface area contributed by atoms with Gasteiger partial charge in [-0.2, -0.15) is 0 Å². The molecule has 0 unspecified atom stereocenters. The number of allylic oxidation sites excluding steroid dienone is 2. The van der Waals surface area contributed by atoms with Gasteiger partial charge in [0.25, 0.3) is 0 Å². The maximum Gasteiger partial charge on any atom is 0.217 e. The molecule has 0 spiro atoms. The van der Waals surface area contributed by atoms with Crippen LogP contribution in [0.3, 0.4) is 0 Å². The Hall–Kier alpha value is -0.790. The zero-order valence-corrected chi connectivity index (χ0v) is 6.05. The molecule has 0 aromatic heterocycles. The molecule has 1 rings (SSSR count). The van der Waals surface area contributed by atoms with E-state index in [0.29, 0.717) is 12.3 Å². The summed E-state index contributed by atoms with van der Waals surface area (Å²) >= 11 is 0. The highest BCUT2D eigenvalue weighted by Gasteiger charge is 2.10. The van der Waals surface area contributed by atoms with E-state index in [2.05, 4.69) is 12.2 Å². The molecule has 56 valence electrons. The molecule has 1 amide bonds. The Balaban J connectivity index is 2.09. The summed E-state index contributed by atoms with van der Waals surface area (Å²) in [5.41, 5.74) is 5.01. The third kappa shape index (κ3) is 2.21. The van der Waals surface area contributed by atoms with Gasteiger partial charge in [0.05, 0.1) is 0 Å². The summed E-state index contributed by atoms with van der Waals surface area (Å²) in [6, 6.07) is 0. The summed E-state index contributed by atoms with van der Waals surface area (Å²) in [6.07, 6.45) is 8.12. The van der Waals surface area contributed by atoms with Crippen molar-refractivity contribution in [1.29, 1.82) is 0 Å². The summed E-state index contributed by atoms with van der Waals surface area (Å²) in [5, 5.41) is 0. The van der Waals surface area contributed by atoms with Crippen LogP contribution in [0.5, 0.6) is 0 Å². The standard InChI is InChI=1S/C8H13NO/c9-8(10)6-5-7-3-1-2-4-7/h1-2,7H,3-6H2,(H2,9,10). The van der Waals surface area contributed by atoms with Crippen LogP contribution in [0.4, 0.5) is 0 Å². The molecule has 10 heavy (non-hydrogen) atoms. The lowest BCUT2D eigenvalue weighted by atomic mass is 10.0. The summed E-state index contributed by atoms with van der Waals surface area (Å²) in [5.74, 6) is 0.513. The van der Waals surface area contributed by atoms with Crippen molar-refractivity contribution in [2.45, 2.75) is 25.7 Å². The molecule has 0 aromatic carbocycles. The second kappa shape index (κ2) is 3.40. The normalized spacial score (nSPS) is 18.0. The van der Waals surface area contributed by atoms with Crippen molar-refractivity contribution in [2.75, 3.05) is 0 Å². The summed E-state index contributed by atoms with van der Waals surface area (Å²) in [6.45, 7) is 0. The lowest BCUT2D eigenvalue weighted by Crippen LogP contribution is -2.11.